The molecule has 0 radical (unpaired) electrons. The van der Waals surface area contributed by atoms with E-state index in [0.717, 1.165) is 47.6 Å². The molecule has 2 rings (SSSR count). The summed E-state index contributed by atoms with van der Waals surface area (Å²) in [5, 5.41) is 7.46. The zero-order valence-electron chi connectivity index (χ0n) is 17.3. The van der Waals surface area contributed by atoms with E-state index in [1.807, 2.05) is 33.8 Å². The van der Waals surface area contributed by atoms with Gasteiger partial charge >= 0.3 is 5.97 Å². The summed E-state index contributed by atoms with van der Waals surface area (Å²) in [6, 6.07) is 1.91. The molecule has 28 heavy (non-hydrogen) atoms. The average molecular weight is 387 g/mol. The summed E-state index contributed by atoms with van der Waals surface area (Å²) >= 11 is 0. The van der Waals surface area contributed by atoms with Crippen molar-refractivity contribution < 1.29 is 14.3 Å². The van der Waals surface area contributed by atoms with E-state index < -0.39 is 0 Å². The zero-order chi connectivity index (χ0) is 20.7. The maximum atomic E-state index is 12.3. The van der Waals surface area contributed by atoms with E-state index >= 15 is 0 Å². The molecule has 0 atom stereocenters. The van der Waals surface area contributed by atoms with Gasteiger partial charge in [0.05, 0.1) is 19.2 Å². The normalized spacial score (nSPS) is 10.8. The molecule has 0 aliphatic rings. The second-order valence-electron chi connectivity index (χ2n) is 6.93. The summed E-state index contributed by atoms with van der Waals surface area (Å²) in [5.74, 6) is 0.287. The van der Waals surface area contributed by atoms with Crippen LogP contribution in [-0.4, -0.2) is 45.3 Å². The Kier molecular flexibility index (Phi) is 7.66. The molecule has 2 aromatic heterocycles. The van der Waals surface area contributed by atoms with Crippen LogP contribution in [-0.2, 0) is 20.7 Å². The van der Waals surface area contributed by atoms with Crippen molar-refractivity contribution in [3.63, 3.8) is 0 Å². The number of esters is 1. The summed E-state index contributed by atoms with van der Waals surface area (Å²) in [5.41, 5.74) is 4.32. The van der Waals surface area contributed by atoms with Crippen molar-refractivity contribution in [3.8, 4) is 5.95 Å². The molecule has 0 aliphatic carbocycles. The number of amides is 1. The largest absolute Gasteiger partial charge is 0.469 e. The summed E-state index contributed by atoms with van der Waals surface area (Å²) < 4.78 is 6.30. The quantitative estimate of drug-likeness (QED) is 0.523. The number of nitrogens with zero attached hydrogens (tertiary/aromatic N) is 4. The van der Waals surface area contributed by atoms with Crippen molar-refractivity contribution in [2.24, 2.45) is 0 Å². The number of carbonyl (C=O) groups is 2. The number of methoxy groups -OCH3 is 1. The van der Waals surface area contributed by atoms with E-state index in [1.165, 1.54) is 7.11 Å². The predicted octanol–water partition coefficient (Wildman–Crippen LogP) is 2.29. The molecular weight excluding hydrogens is 358 g/mol. The molecule has 8 nitrogen and oxygen atoms in total. The molecule has 0 aliphatic heterocycles. The molecule has 0 saturated carbocycles. The number of aromatic nitrogens is 4. The van der Waals surface area contributed by atoms with E-state index in [-0.39, 0.29) is 18.3 Å². The van der Waals surface area contributed by atoms with E-state index in [4.69, 9.17) is 0 Å². The number of carbonyl (C=O) groups excluding carboxylic acids is 2. The number of hydrogen-bond donors (Lipinski definition) is 1. The Morgan fingerprint density at radius 1 is 1.07 bits per heavy atom. The fraction of sp³-hybridized carbons (Fsp3) is 0.550. The molecule has 8 heteroatoms. The Labute approximate surface area is 165 Å². The van der Waals surface area contributed by atoms with Crippen molar-refractivity contribution >= 4 is 11.9 Å². The molecule has 0 spiro atoms. The van der Waals surface area contributed by atoms with Gasteiger partial charge in [0.25, 0.3) is 5.95 Å². The molecule has 0 unspecified atom stereocenters. The molecular formula is C20H29N5O3. The maximum Gasteiger partial charge on any atom is 0.305 e. The van der Waals surface area contributed by atoms with Crippen molar-refractivity contribution in [2.45, 2.75) is 59.8 Å². The second-order valence-corrected chi connectivity index (χ2v) is 6.93. The van der Waals surface area contributed by atoms with E-state index in [1.54, 1.807) is 4.68 Å². The first-order valence-corrected chi connectivity index (χ1v) is 9.53. The number of aryl methyl sites for hydroxylation is 3. The molecule has 1 N–H and O–H groups in total. The van der Waals surface area contributed by atoms with E-state index in [9.17, 15) is 9.59 Å². The fourth-order valence-electron chi connectivity index (χ4n) is 3.05. The first-order chi connectivity index (χ1) is 13.3. The first-order valence-electron chi connectivity index (χ1n) is 9.53. The third kappa shape index (κ3) is 5.87. The Morgan fingerprint density at radius 3 is 2.39 bits per heavy atom. The van der Waals surface area contributed by atoms with E-state index in [0.29, 0.717) is 18.9 Å². The van der Waals surface area contributed by atoms with Crippen LogP contribution in [0.4, 0.5) is 0 Å². The van der Waals surface area contributed by atoms with Crippen LogP contribution in [0.3, 0.4) is 0 Å². The topological polar surface area (TPSA) is 99.0 Å². The molecule has 0 saturated heterocycles. The van der Waals surface area contributed by atoms with Gasteiger partial charge in [0.1, 0.15) is 0 Å². The van der Waals surface area contributed by atoms with Crippen molar-refractivity contribution in [1.29, 1.82) is 0 Å². The maximum absolute atomic E-state index is 12.3. The highest BCUT2D eigenvalue weighted by Gasteiger charge is 2.17. The van der Waals surface area contributed by atoms with Crippen molar-refractivity contribution in [3.05, 3.63) is 34.4 Å². The van der Waals surface area contributed by atoms with Gasteiger partial charge in [-0.25, -0.2) is 14.6 Å². The lowest BCUT2D eigenvalue weighted by Crippen LogP contribution is -2.26. The summed E-state index contributed by atoms with van der Waals surface area (Å²) in [7, 11) is 1.39. The minimum Gasteiger partial charge on any atom is -0.469 e. The van der Waals surface area contributed by atoms with Crippen LogP contribution < -0.4 is 5.32 Å². The lowest BCUT2D eigenvalue weighted by atomic mass is 10.1. The molecule has 2 heterocycles. The van der Waals surface area contributed by atoms with Crippen LogP contribution >= 0.6 is 0 Å². The fourth-order valence-corrected chi connectivity index (χ4v) is 3.05. The van der Waals surface area contributed by atoms with Gasteiger partial charge in [-0.15, -0.1) is 0 Å². The number of hydrogen-bond acceptors (Lipinski definition) is 6. The van der Waals surface area contributed by atoms with Crippen LogP contribution in [0, 0.1) is 27.7 Å². The van der Waals surface area contributed by atoms with Gasteiger partial charge < -0.3 is 10.1 Å². The van der Waals surface area contributed by atoms with Crippen LogP contribution in [0.5, 0.6) is 0 Å². The summed E-state index contributed by atoms with van der Waals surface area (Å²) in [6.45, 7) is 8.25. The van der Waals surface area contributed by atoms with Gasteiger partial charge in [-0.3, -0.25) is 9.59 Å². The van der Waals surface area contributed by atoms with Gasteiger partial charge in [-0.05, 0) is 46.6 Å². The molecule has 152 valence electrons. The summed E-state index contributed by atoms with van der Waals surface area (Å²) in [4.78, 5) is 32.3. The average Bonchev–Trinajstić information content (AvgIpc) is 2.91. The minimum atomic E-state index is -0.195. The number of unbranched alkanes of at least 4 members (excludes halogenated alkanes) is 2. The Balaban J connectivity index is 1.91. The third-order valence-electron chi connectivity index (χ3n) is 4.55. The van der Waals surface area contributed by atoms with Gasteiger partial charge in [-0.1, -0.05) is 6.42 Å². The highest BCUT2D eigenvalue weighted by Crippen LogP contribution is 2.17. The molecule has 1 amide bonds. The van der Waals surface area contributed by atoms with Crippen LogP contribution in [0.1, 0.15) is 54.0 Å². The zero-order valence-corrected chi connectivity index (χ0v) is 17.3. The third-order valence-corrected chi connectivity index (χ3v) is 4.55. The lowest BCUT2D eigenvalue weighted by molar-refractivity contribution is -0.140. The minimum absolute atomic E-state index is 0.0416. The monoisotopic (exact) mass is 387 g/mol. The summed E-state index contributed by atoms with van der Waals surface area (Å²) in [6.07, 6.45) is 3.16. The van der Waals surface area contributed by atoms with Gasteiger partial charge in [0, 0.05) is 35.6 Å². The van der Waals surface area contributed by atoms with Crippen LogP contribution in [0.2, 0.25) is 0 Å². The first kappa shape index (κ1) is 21.5. The lowest BCUT2D eigenvalue weighted by Gasteiger charge is -2.07. The molecule has 0 fully saturated rings. The predicted molar refractivity (Wildman–Crippen MR) is 105 cm³/mol. The van der Waals surface area contributed by atoms with E-state index in [2.05, 4.69) is 25.1 Å². The second kappa shape index (κ2) is 9.96. The van der Waals surface area contributed by atoms with Gasteiger partial charge in [0.15, 0.2) is 0 Å². The number of nitrogens with one attached hydrogen (secondary N) is 1. The van der Waals surface area contributed by atoms with Gasteiger partial charge in [-0.2, -0.15) is 5.10 Å². The molecule has 2 aromatic rings. The van der Waals surface area contributed by atoms with Crippen LogP contribution in [0.15, 0.2) is 6.07 Å². The smallest absolute Gasteiger partial charge is 0.305 e. The van der Waals surface area contributed by atoms with Crippen molar-refractivity contribution in [1.82, 2.24) is 25.1 Å². The molecule has 0 aromatic carbocycles. The SMILES string of the molecule is COC(=O)CCCCCNC(=O)Cc1c(C)nn(-c2nc(C)cc(C)n2)c1C. The Bertz CT molecular complexity index is 824. The highest BCUT2D eigenvalue weighted by molar-refractivity contribution is 5.79. The standard InChI is InChI=1S/C20H29N5O3/c1-13-11-14(2)23-20(22-13)25-16(4)17(15(3)24-25)12-18(26)21-10-8-6-7-9-19(27)28-5/h11H,6-10,12H2,1-5H3,(H,21,26). The number of rotatable bonds is 9. The Hall–Kier alpha value is -2.77. The van der Waals surface area contributed by atoms with Crippen molar-refractivity contribution in [2.75, 3.05) is 13.7 Å². The number of ether oxygens (including phenoxy) is 1. The Morgan fingerprint density at radius 2 is 1.75 bits per heavy atom. The van der Waals surface area contributed by atoms with Crippen LogP contribution in [0.25, 0.3) is 5.95 Å². The highest BCUT2D eigenvalue weighted by atomic mass is 16.5. The molecule has 0 bridgehead atoms. The van der Waals surface area contributed by atoms with Gasteiger partial charge in [0.2, 0.25) is 5.91 Å².